The second-order valence-electron chi connectivity index (χ2n) is 3.99. The van der Waals surface area contributed by atoms with Crippen molar-refractivity contribution in [3.05, 3.63) is 41.8 Å². The average Bonchev–Trinajstić information content (AvgIpc) is 2.79. The third-order valence-electron chi connectivity index (χ3n) is 2.64. The van der Waals surface area contributed by atoms with Gasteiger partial charge in [-0.1, -0.05) is 0 Å². The summed E-state index contributed by atoms with van der Waals surface area (Å²) in [6.07, 6.45) is 2.04. The van der Waals surface area contributed by atoms with Crippen LogP contribution in [0.5, 0.6) is 0 Å². The van der Waals surface area contributed by atoms with Gasteiger partial charge in [-0.3, -0.25) is 5.10 Å². The number of aromatic nitrogens is 2. The maximum absolute atomic E-state index is 12.8. The molecule has 0 fully saturated rings. The topological polar surface area (TPSA) is 40.7 Å². The van der Waals surface area contributed by atoms with E-state index in [0.29, 0.717) is 0 Å². The SMILES string of the molecule is CNCCCc1cc(-c2ccc(F)cc2)n[nH]1. The van der Waals surface area contributed by atoms with Gasteiger partial charge in [0.2, 0.25) is 0 Å². The highest BCUT2D eigenvalue weighted by Gasteiger charge is 2.03. The van der Waals surface area contributed by atoms with Crippen LogP contribution in [0.15, 0.2) is 30.3 Å². The van der Waals surface area contributed by atoms with Crippen molar-refractivity contribution < 1.29 is 4.39 Å². The van der Waals surface area contributed by atoms with Gasteiger partial charge in [0.25, 0.3) is 0 Å². The minimum Gasteiger partial charge on any atom is -0.320 e. The standard InChI is InChI=1S/C13H16FN3/c1-15-8-2-3-12-9-13(17-16-12)10-4-6-11(14)7-5-10/h4-7,9,15H,2-3,8H2,1H3,(H,16,17). The molecule has 0 bridgehead atoms. The lowest BCUT2D eigenvalue weighted by atomic mass is 10.1. The lowest BCUT2D eigenvalue weighted by molar-refractivity contribution is 0.628. The summed E-state index contributed by atoms with van der Waals surface area (Å²) < 4.78 is 12.8. The maximum Gasteiger partial charge on any atom is 0.123 e. The quantitative estimate of drug-likeness (QED) is 0.778. The molecule has 2 rings (SSSR count). The number of benzene rings is 1. The Balaban J connectivity index is 2.04. The first kappa shape index (κ1) is 11.8. The molecule has 2 N–H and O–H groups in total. The monoisotopic (exact) mass is 233 g/mol. The van der Waals surface area contributed by atoms with Gasteiger partial charge in [0.15, 0.2) is 0 Å². The molecule has 0 amide bonds. The van der Waals surface area contributed by atoms with Crippen molar-refractivity contribution in [3.63, 3.8) is 0 Å². The second-order valence-corrected chi connectivity index (χ2v) is 3.99. The van der Waals surface area contributed by atoms with E-state index < -0.39 is 0 Å². The third-order valence-corrected chi connectivity index (χ3v) is 2.64. The molecule has 4 heteroatoms. The lowest BCUT2D eigenvalue weighted by Crippen LogP contribution is -2.08. The number of nitrogens with one attached hydrogen (secondary N) is 2. The number of H-pyrrole nitrogens is 1. The highest BCUT2D eigenvalue weighted by atomic mass is 19.1. The molecule has 2 aromatic rings. The minimum atomic E-state index is -0.224. The van der Waals surface area contributed by atoms with Gasteiger partial charge in [-0.2, -0.15) is 5.10 Å². The molecule has 1 heterocycles. The minimum absolute atomic E-state index is 0.224. The van der Waals surface area contributed by atoms with E-state index in [-0.39, 0.29) is 5.82 Å². The first-order chi connectivity index (χ1) is 8.29. The molecule has 0 aliphatic rings. The van der Waals surface area contributed by atoms with Crippen molar-refractivity contribution >= 4 is 0 Å². The van der Waals surface area contributed by atoms with Crippen molar-refractivity contribution in [2.75, 3.05) is 13.6 Å². The molecule has 0 radical (unpaired) electrons. The molecule has 90 valence electrons. The zero-order valence-electron chi connectivity index (χ0n) is 9.83. The fraction of sp³-hybridized carbons (Fsp3) is 0.308. The number of hydrogen-bond donors (Lipinski definition) is 2. The van der Waals surface area contributed by atoms with Crippen LogP contribution >= 0.6 is 0 Å². The zero-order chi connectivity index (χ0) is 12.1. The number of rotatable bonds is 5. The Labute approximate surface area is 100 Å². The molecule has 1 aromatic carbocycles. The van der Waals surface area contributed by atoms with Gasteiger partial charge in [0, 0.05) is 11.3 Å². The van der Waals surface area contributed by atoms with E-state index in [1.165, 1.54) is 12.1 Å². The van der Waals surface area contributed by atoms with Crippen LogP contribution in [-0.2, 0) is 6.42 Å². The molecule has 0 atom stereocenters. The first-order valence-electron chi connectivity index (χ1n) is 5.74. The van der Waals surface area contributed by atoms with Crippen molar-refractivity contribution in [2.24, 2.45) is 0 Å². The molecule has 3 nitrogen and oxygen atoms in total. The predicted molar refractivity (Wildman–Crippen MR) is 66.2 cm³/mol. The molecule has 0 aliphatic carbocycles. The Morgan fingerprint density at radius 3 is 2.76 bits per heavy atom. The summed E-state index contributed by atoms with van der Waals surface area (Å²) >= 11 is 0. The summed E-state index contributed by atoms with van der Waals surface area (Å²) in [5.74, 6) is -0.224. The normalized spacial score (nSPS) is 10.7. The molecule has 0 saturated carbocycles. The Bertz CT molecular complexity index is 462. The summed E-state index contributed by atoms with van der Waals surface area (Å²) in [6.45, 7) is 0.991. The fourth-order valence-corrected chi connectivity index (χ4v) is 1.71. The van der Waals surface area contributed by atoms with Crippen molar-refractivity contribution in [1.82, 2.24) is 15.5 Å². The van der Waals surface area contributed by atoms with E-state index in [1.54, 1.807) is 12.1 Å². The summed E-state index contributed by atoms with van der Waals surface area (Å²) in [5, 5.41) is 10.3. The molecule has 0 aliphatic heterocycles. The van der Waals surface area contributed by atoms with E-state index in [1.807, 2.05) is 13.1 Å². The van der Waals surface area contributed by atoms with Crippen LogP contribution in [0.2, 0.25) is 0 Å². The number of halogens is 1. The van der Waals surface area contributed by atoms with Crippen LogP contribution in [-0.4, -0.2) is 23.8 Å². The van der Waals surface area contributed by atoms with E-state index in [0.717, 1.165) is 36.3 Å². The molecule has 0 spiro atoms. The van der Waals surface area contributed by atoms with Gasteiger partial charge < -0.3 is 5.32 Å². The zero-order valence-corrected chi connectivity index (χ0v) is 9.83. The Kier molecular flexibility index (Phi) is 3.88. The molecule has 17 heavy (non-hydrogen) atoms. The largest absolute Gasteiger partial charge is 0.320 e. The van der Waals surface area contributed by atoms with Crippen LogP contribution in [0.1, 0.15) is 12.1 Å². The van der Waals surface area contributed by atoms with Gasteiger partial charge in [0.05, 0.1) is 5.69 Å². The Hall–Kier alpha value is -1.68. The van der Waals surface area contributed by atoms with Crippen LogP contribution < -0.4 is 5.32 Å². The highest BCUT2D eigenvalue weighted by Crippen LogP contribution is 2.18. The predicted octanol–water partition coefficient (Wildman–Crippen LogP) is 2.37. The highest BCUT2D eigenvalue weighted by molar-refractivity contribution is 5.58. The van der Waals surface area contributed by atoms with Gasteiger partial charge in [0.1, 0.15) is 5.82 Å². The summed E-state index contributed by atoms with van der Waals surface area (Å²) in [7, 11) is 1.94. The first-order valence-corrected chi connectivity index (χ1v) is 5.74. The summed E-state index contributed by atoms with van der Waals surface area (Å²) in [4.78, 5) is 0. The summed E-state index contributed by atoms with van der Waals surface area (Å²) in [5.41, 5.74) is 2.91. The molecule has 0 unspecified atom stereocenters. The third kappa shape index (κ3) is 3.14. The van der Waals surface area contributed by atoms with E-state index in [9.17, 15) is 4.39 Å². The van der Waals surface area contributed by atoms with Crippen LogP contribution in [0.3, 0.4) is 0 Å². The van der Waals surface area contributed by atoms with Crippen molar-refractivity contribution in [2.45, 2.75) is 12.8 Å². The smallest absolute Gasteiger partial charge is 0.123 e. The van der Waals surface area contributed by atoms with Crippen LogP contribution in [0, 0.1) is 5.82 Å². The average molecular weight is 233 g/mol. The van der Waals surface area contributed by atoms with Gasteiger partial charge in [-0.15, -0.1) is 0 Å². The summed E-state index contributed by atoms with van der Waals surface area (Å²) in [6, 6.07) is 8.39. The number of hydrogen-bond acceptors (Lipinski definition) is 2. The fourth-order valence-electron chi connectivity index (χ4n) is 1.71. The molecular weight excluding hydrogens is 217 g/mol. The second kappa shape index (κ2) is 5.59. The maximum atomic E-state index is 12.8. The van der Waals surface area contributed by atoms with Crippen LogP contribution in [0.4, 0.5) is 4.39 Å². The van der Waals surface area contributed by atoms with Gasteiger partial charge >= 0.3 is 0 Å². The van der Waals surface area contributed by atoms with E-state index in [2.05, 4.69) is 15.5 Å². The molecule has 0 saturated heterocycles. The number of aromatic amines is 1. The van der Waals surface area contributed by atoms with Crippen molar-refractivity contribution in [3.8, 4) is 11.3 Å². The molecular formula is C13H16FN3. The van der Waals surface area contributed by atoms with Crippen LogP contribution in [0.25, 0.3) is 11.3 Å². The van der Waals surface area contributed by atoms with Gasteiger partial charge in [-0.25, -0.2) is 4.39 Å². The number of nitrogens with zero attached hydrogens (tertiary/aromatic N) is 1. The Morgan fingerprint density at radius 1 is 1.29 bits per heavy atom. The van der Waals surface area contributed by atoms with Gasteiger partial charge in [-0.05, 0) is 56.8 Å². The Morgan fingerprint density at radius 2 is 2.06 bits per heavy atom. The van der Waals surface area contributed by atoms with E-state index in [4.69, 9.17) is 0 Å². The molecule has 1 aromatic heterocycles. The van der Waals surface area contributed by atoms with E-state index >= 15 is 0 Å². The number of aryl methyl sites for hydroxylation is 1. The van der Waals surface area contributed by atoms with Crippen molar-refractivity contribution in [1.29, 1.82) is 0 Å². The lowest BCUT2D eigenvalue weighted by Gasteiger charge is -1.96.